The number of benzene rings is 1. The van der Waals surface area contributed by atoms with Gasteiger partial charge in [0, 0.05) is 30.0 Å². The van der Waals surface area contributed by atoms with Crippen LogP contribution >= 0.6 is 11.3 Å². The molecular weight excluding hydrogens is 279 g/mol. The standard InChI is InChI=1S/C14H13FN2O2S/c15-10-3-1-2-9(6-10)14-16-11-4-5-17(8-13(18)19)7-12(11)20-14/h1-3,6H,4-5,7-8H2,(H,18,19). The lowest BCUT2D eigenvalue weighted by atomic mass is 10.2. The highest BCUT2D eigenvalue weighted by Gasteiger charge is 2.22. The van der Waals surface area contributed by atoms with E-state index in [0.29, 0.717) is 13.1 Å². The van der Waals surface area contributed by atoms with Gasteiger partial charge in [-0.15, -0.1) is 11.3 Å². The molecule has 1 N–H and O–H groups in total. The van der Waals surface area contributed by atoms with Crippen LogP contribution in [0.15, 0.2) is 24.3 Å². The lowest BCUT2D eigenvalue weighted by Crippen LogP contribution is -2.34. The van der Waals surface area contributed by atoms with Crippen LogP contribution < -0.4 is 0 Å². The van der Waals surface area contributed by atoms with E-state index >= 15 is 0 Å². The van der Waals surface area contributed by atoms with Gasteiger partial charge in [-0.3, -0.25) is 9.69 Å². The van der Waals surface area contributed by atoms with Crippen LogP contribution in [0, 0.1) is 5.82 Å². The molecule has 1 aliphatic heterocycles. The molecule has 1 aliphatic rings. The molecule has 0 aliphatic carbocycles. The highest BCUT2D eigenvalue weighted by atomic mass is 32.1. The Balaban J connectivity index is 1.85. The van der Waals surface area contributed by atoms with E-state index < -0.39 is 5.97 Å². The van der Waals surface area contributed by atoms with E-state index in [-0.39, 0.29) is 12.4 Å². The number of halogens is 1. The maximum atomic E-state index is 13.2. The summed E-state index contributed by atoms with van der Waals surface area (Å²) in [5.41, 5.74) is 1.78. The quantitative estimate of drug-likeness (QED) is 0.944. The fourth-order valence-corrected chi connectivity index (χ4v) is 3.47. The summed E-state index contributed by atoms with van der Waals surface area (Å²) in [5, 5.41) is 9.63. The first kappa shape index (κ1) is 13.2. The molecule has 4 nitrogen and oxygen atoms in total. The summed E-state index contributed by atoms with van der Waals surface area (Å²) < 4.78 is 13.2. The minimum atomic E-state index is -0.816. The highest BCUT2D eigenvalue weighted by molar-refractivity contribution is 7.15. The van der Waals surface area contributed by atoms with Crippen molar-refractivity contribution in [1.29, 1.82) is 0 Å². The molecule has 0 bridgehead atoms. The van der Waals surface area contributed by atoms with Gasteiger partial charge in [-0.2, -0.15) is 0 Å². The highest BCUT2D eigenvalue weighted by Crippen LogP contribution is 2.31. The average molecular weight is 292 g/mol. The summed E-state index contributed by atoms with van der Waals surface area (Å²) in [4.78, 5) is 18.3. The Labute approximate surface area is 119 Å². The summed E-state index contributed by atoms with van der Waals surface area (Å²) in [5.74, 6) is -1.09. The molecule has 0 spiro atoms. The first-order valence-electron chi connectivity index (χ1n) is 6.30. The van der Waals surface area contributed by atoms with Crippen molar-refractivity contribution in [3.05, 3.63) is 40.7 Å². The van der Waals surface area contributed by atoms with Crippen molar-refractivity contribution in [2.75, 3.05) is 13.1 Å². The number of rotatable bonds is 3. The van der Waals surface area contributed by atoms with Gasteiger partial charge in [0.25, 0.3) is 0 Å². The number of hydrogen-bond acceptors (Lipinski definition) is 4. The average Bonchev–Trinajstić information content (AvgIpc) is 2.81. The molecule has 2 heterocycles. The molecule has 0 saturated carbocycles. The summed E-state index contributed by atoms with van der Waals surface area (Å²) in [6.07, 6.45) is 0.744. The van der Waals surface area contributed by atoms with E-state index in [4.69, 9.17) is 5.11 Å². The first-order valence-corrected chi connectivity index (χ1v) is 7.12. The lowest BCUT2D eigenvalue weighted by Gasteiger charge is -2.23. The van der Waals surface area contributed by atoms with Crippen molar-refractivity contribution in [2.24, 2.45) is 0 Å². The van der Waals surface area contributed by atoms with Crippen LogP contribution in [0.4, 0.5) is 4.39 Å². The van der Waals surface area contributed by atoms with Crippen molar-refractivity contribution in [3.63, 3.8) is 0 Å². The van der Waals surface area contributed by atoms with Crippen molar-refractivity contribution >= 4 is 17.3 Å². The number of hydrogen-bond donors (Lipinski definition) is 1. The molecule has 1 aromatic carbocycles. The van der Waals surface area contributed by atoms with E-state index in [9.17, 15) is 9.18 Å². The maximum Gasteiger partial charge on any atom is 0.317 e. The second-order valence-corrected chi connectivity index (χ2v) is 5.84. The van der Waals surface area contributed by atoms with E-state index in [2.05, 4.69) is 4.98 Å². The van der Waals surface area contributed by atoms with Gasteiger partial charge in [0.1, 0.15) is 10.8 Å². The number of fused-ring (bicyclic) bond motifs is 1. The van der Waals surface area contributed by atoms with Crippen LogP contribution in [0.25, 0.3) is 10.6 Å². The first-order chi connectivity index (χ1) is 9.61. The molecule has 3 rings (SSSR count). The van der Waals surface area contributed by atoms with Gasteiger partial charge in [0.05, 0.1) is 12.2 Å². The van der Waals surface area contributed by atoms with Crippen molar-refractivity contribution in [1.82, 2.24) is 9.88 Å². The molecule has 0 amide bonds. The molecular formula is C14H13FN2O2S. The Morgan fingerprint density at radius 1 is 1.50 bits per heavy atom. The van der Waals surface area contributed by atoms with Gasteiger partial charge < -0.3 is 5.11 Å². The molecule has 0 saturated heterocycles. The number of carboxylic acid groups (broad SMARTS) is 1. The van der Waals surface area contributed by atoms with Crippen LogP contribution in [-0.2, 0) is 17.8 Å². The van der Waals surface area contributed by atoms with E-state index in [0.717, 1.165) is 27.6 Å². The van der Waals surface area contributed by atoms with Gasteiger partial charge in [-0.1, -0.05) is 12.1 Å². The Kier molecular flexibility index (Phi) is 3.50. The second-order valence-electron chi connectivity index (χ2n) is 4.75. The molecule has 0 radical (unpaired) electrons. The third-order valence-corrected chi connectivity index (χ3v) is 4.37. The summed E-state index contributed by atoms with van der Waals surface area (Å²) in [6.45, 7) is 1.35. The zero-order chi connectivity index (χ0) is 14.1. The number of carbonyl (C=O) groups is 1. The number of thiazole rings is 1. The van der Waals surface area contributed by atoms with Crippen LogP contribution in [-0.4, -0.2) is 34.0 Å². The number of carboxylic acids is 1. The largest absolute Gasteiger partial charge is 0.480 e. The van der Waals surface area contributed by atoms with Crippen LogP contribution in [0.2, 0.25) is 0 Å². The predicted octanol–water partition coefficient (Wildman–Crippen LogP) is 2.39. The maximum absolute atomic E-state index is 13.2. The van der Waals surface area contributed by atoms with Crippen LogP contribution in [0.3, 0.4) is 0 Å². The fraction of sp³-hybridized carbons (Fsp3) is 0.286. The van der Waals surface area contributed by atoms with E-state index in [1.54, 1.807) is 6.07 Å². The molecule has 20 heavy (non-hydrogen) atoms. The minimum Gasteiger partial charge on any atom is -0.480 e. The Morgan fingerprint density at radius 3 is 3.10 bits per heavy atom. The zero-order valence-corrected chi connectivity index (χ0v) is 11.5. The molecule has 2 aromatic rings. The zero-order valence-electron chi connectivity index (χ0n) is 10.7. The number of aliphatic carboxylic acids is 1. The molecule has 0 unspecified atom stereocenters. The van der Waals surface area contributed by atoms with E-state index in [1.165, 1.54) is 23.5 Å². The summed E-state index contributed by atoms with van der Waals surface area (Å²) in [6, 6.07) is 6.38. The third kappa shape index (κ3) is 2.71. The molecule has 1 aromatic heterocycles. The third-order valence-electron chi connectivity index (χ3n) is 3.24. The minimum absolute atomic E-state index is 0.0483. The summed E-state index contributed by atoms with van der Waals surface area (Å²) >= 11 is 1.52. The van der Waals surface area contributed by atoms with Crippen molar-refractivity contribution < 1.29 is 14.3 Å². The number of aromatic nitrogens is 1. The second kappa shape index (κ2) is 5.30. The van der Waals surface area contributed by atoms with Crippen LogP contribution in [0.5, 0.6) is 0 Å². The Bertz CT molecular complexity index is 656. The Hall–Kier alpha value is -1.79. The van der Waals surface area contributed by atoms with E-state index in [1.807, 2.05) is 11.0 Å². The van der Waals surface area contributed by atoms with Crippen molar-refractivity contribution in [3.8, 4) is 10.6 Å². The smallest absolute Gasteiger partial charge is 0.317 e. The summed E-state index contributed by atoms with van der Waals surface area (Å²) in [7, 11) is 0. The molecule has 0 atom stereocenters. The van der Waals surface area contributed by atoms with Gasteiger partial charge in [-0.05, 0) is 12.1 Å². The predicted molar refractivity (Wildman–Crippen MR) is 74.1 cm³/mol. The van der Waals surface area contributed by atoms with Gasteiger partial charge in [-0.25, -0.2) is 9.37 Å². The van der Waals surface area contributed by atoms with Gasteiger partial charge in [0.15, 0.2) is 0 Å². The van der Waals surface area contributed by atoms with Gasteiger partial charge in [0.2, 0.25) is 0 Å². The topological polar surface area (TPSA) is 53.4 Å². The lowest BCUT2D eigenvalue weighted by molar-refractivity contribution is -0.138. The molecule has 6 heteroatoms. The van der Waals surface area contributed by atoms with Crippen molar-refractivity contribution in [2.45, 2.75) is 13.0 Å². The molecule has 0 fully saturated rings. The fourth-order valence-electron chi connectivity index (χ4n) is 2.32. The monoisotopic (exact) mass is 292 g/mol. The van der Waals surface area contributed by atoms with Gasteiger partial charge >= 0.3 is 5.97 Å². The molecule has 104 valence electrons. The Morgan fingerprint density at radius 2 is 2.35 bits per heavy atom. The van der Waals surface area contributed by atoms with Crippen LogP contribution in [0.1, 0.15) is 10.6 Å². The SMILES string of the molecule is O=C(O)CN1CCc2nc(-c3cccc(F)c3)sc2C1. The normalized spacial score (nSPS) is 15.1. The number of nitrogens with zero attached hydrogens (tertiary/aromatic N) is 2.